The van der Waals surface area contributed by atoms with Crippen molar-refractivity contribution < 1.29 is 14.6 Å². The van der Waals surface area contributed by atoms with Crippen LogP contribution in [0.15, 0.2) is 18.2 Å². The Morgan fingerprint density at radius 3 is 2.72 bits per heavy atom. The lowest BCUT2D eigenvalue weighted by Crippen LogP contribution is -2.38. The van der Waals surface area contributed by atoms with Crippen LogP contribution in [0.25, 0.3) is 0 Å². The van der Waals surface area contributed by atoms with E-state index in [0.717, 1.165) is 16.9 Å². The van der Waals surface area contributed by atoms with Crippen LogP contribution in [0.4, 0.5) is 0 Å². The van der Waals surface area contributed by atoms with Crippen molar-refractivity contribution in [2.75, 3.05) is 20.2 Å². The van der Waals surface area contributed by atoms with Crippen molar-refractivity contribution in [2.45, 2.75) is 26.8 Å². The molecule has 0 aliphatic heterocycles. The van der Waals surface area contributed by atoms with Gasteiger partial charge in [-0.1, -0.05) is 12.1 Å². The average molecular weight is 251 g/mol. The maximum Gasteiger partial charge on any atom is 0.320 e. The van der Waals surface area contributed by atoms with Gasteiger partial charge in [-0.25, -0.2) is 0 Å². The summed E-state index contributed by atoms with van der Waals surface area (Å²) < 4.78 is 5.68. The molecule has 0 bridgehead atoms. The molecule has 1 aromatic rings. The topological polar surface area (TPSA) is 49.8 Å². The summed E-state index contributed by atoms with van der Waals surface area (Å²) in [6.45, 7) is 6.75. The number of hydrogen-bond acceptors (Lipinski definition) is 3. The van der Waals surface area contributed by atoms with Gasteiger partial charge >= 0.3 is 5.97 Å². The smallest absolute Gasteiger partial charge is 0.320 e. The molecule has 0 saturated heterocycles. The maximum atomic E-state index is 10.8. The van der Waals surface area contributed by atoms with Gasteiger partial charge in [-0.15, -0.1) is 0 Å². The number of aliphatic carboxylic acids is 1. The Kier molecular flexibility index (Phi) is 5.16. The molecule has 0 fully saturated rings. The van der Waals surface area contributed by atoms with E-state index in [1.165, 1.54) is 0 Å². The molecule has 0 aromatic heterocycles. The van der Waals surface area contributed by atoms with E-state index in [0.29, 0.717) is 13.2 Å². The fourth-order valence-electron chi connectivity index (χ4n) is 1.54. The van der Waals surface area contributed by atoms with Gasteiger partial charge in [-0.05, 0) is 45.0 Å². The zero-order valence-electron chi connectivity index (χ0n) is 11.4. The van der Waals surface area contributed by atoms with E-state index in [1.54, 1.807) is 18.9 Å². The molecule has 4 nitrogen and oxygen atoms in total. The minimum absolute atomic E-state index is 0.485. The van der Waals surface area contributed by atoms with E-state index in [2.05, 4.69) is 0 Å². The Balaban J connectivity index is 2.46. The largest absolute Gasteiger partial charge is 0.492 e. The van der Waals surface area contributed by atoms with Gasteiger partial charge in [0.25, 0.3) is 0 Å². The van der Waals surface area contributed by atoms with Gasteiger partial charge in [0.1, 0.15) is 18.4 Å². The number of rotatable bonds is 6. The molecule has 4 heteroatoms. The van der Waals surface area contributed by atoms with Gasteiger partial charge in [0, 0.05) is 6.54 Å². The van der Waals surface area contributed by atoms with Gasteiger partial charge in [-0.3, -0.25) is 9.69 Å². The van der Waals surface area contributed by atoms with Gasteiger partial charge in [0.2, 0.25) is 0 Å². The summed E-state index contributed by atoms with van der Waals surface area (Å²) in [4.78, 5) is 12.5. The van der Waals surface area contributed by atoms with Crippen LogP contribution in [0.1, 0.15) is 18.1 Å². The van der Waals surface area contributed by atoms with Crippen LogP contribution in [-0.4, -0.2) is 42.2 Å². The van der Waals surface area contributed by atoms with Crippen molar-refractivity contribution in [1.29, 1.82) is 0 Å². The number of ether oxygens (including phenoxy) is 1. The summed E-state index contributed by atoms with van der Waals surface area (Å²) in [5, 5.41) is 8.87. The quantitative estimate of drug-likeness (QED) is 0.841. The predicted octanol–water partition coefficient (Wildman–Crippen LogP) is 2.09. The molecule has 0 aliphatic rings. The number of nitrogens with zero attached hydrogens (tertiary/aromatic N) is 1. The van der Waals surface area contributed by atoms with Crippen LogP contribution in [-0.2, 0) is 4.79 Å². The number of likely N-dealkylation sites (N-methyl/N-ethyl adjacent to an activating group) is 1. The lowest BCUT2D eigenvalue weighted by molar-refractivity contribution is -0.142. The minimum atomic E-state index is -0.816. The van der Waals surface area contributed by atoms with Crippen LogP contribution in [0.2, 0.25) is 0 Å². The van der Waals surface area contributed by atoms with Crippen LogP contribution in [0.5, 0.6) is 5.75 Å². The highest BCUT2D eigenvalue weighted by molar-refractivity contribution is 5.72. The van der Waals surface area contributed by atoms with Crippen LogP contribution in [0, 0.1) is 13.8 Å². The van der Waals surface area contributed by atoms with Crippen molar-refractivity contribution in [3.8, 4) is 5.75 Å². The van der Waals surface area contributed by atoms with Crippen molar-refractivity contribution in [3.63, 3.8) is 0 Å². The molecule has 0 saturated carbocycles. The third kappa shape index (κ3) is 4.04. The lowest BCUT2D eigenvalue weighted by Gasteiger charge is -2.21. The molecule has 0 amide bonds. The number of carboxylic acids is 1. The van der Waals surface area contributed by atoms with Gasteiger partial charge in [-0.2, -0.15) is 0 Å². The minimum Gasteiger partial charge on any atom is -0.492 e. The number of hydrogen-bond donors (Lipinski definition) is 1. The van der Waals surface area contributed by atoms with Crippen molar-refractivity contribution >= 4 is 5.97 Å². The molecule has 0 radical (unpaired) electrons. The first-order chi connectivity index (χ1) is 8.41. The number of benzene rings is 1. The summed E-state index contributed by atoms with van der Waals surface area (Å²) in [6, 6.07) is 5.57. The first kappa shape index (κ1) is 14.5. The molecule has 100 valence electrons. The molecule has 0 spiro atoms. The fraction of sp³-hybridized carbons (Fsp3) is 0.500. The van der Waals surface area contributed by atoms with E-state index in [9.17, 15) is 4.79 Å². The lowest BCUT2D eigenvalue weighted by atomic mass is 10.1. The average Bonchev–Trinajstić information content (AvgIpc) is 2.32. The molecule has 1 unspecified atom stereocenters. The molecule has 1 atom stereocenters. The normalized spacial score (nSPS) is 12.5. The molecule has 1 aromatic carbocycles. The molecule has 18 heavy (non-hydrogen) atoms. The molecular formula is C14H21NO3. The Hall–Kier alpha value is -1.55. The van der Waals surface area contributed by atoms with Crippen molar-refractivity contribution in [1.82, 2.24) is 4.90 Å². The summed E-state index contributed by atoms with van der Waals surface area (Å²) in [5.74, 6) is 0.0515. The summed E-state index contributed by atoms with van der Waals surface area (Å²) in [5.41, 5.74) is 2.25. The Bertz CT molecular complexity index is 418. The Morgan fingerprint density at radius 1 is 1.44 bits per heavy atom. The molecule has 1 N–H and O–H groups in total. The monoisotopic (exact) mass is 251 g/mol. The van der Waals surface area contributed by atoms with E-state index < -0.39 is 12.0 Å². The van der Waals surface area contributed by atoms with E-state index >= 15 is 0 Å². The second kappa shape index (κ2) is 6.40. The summed E-state index contributed by atoms with van der Waals surface area (Å²) in [6.07, 6.45) is 0. The Morgan fingerprint density at radius 2 is 2.11 bits per heavy atom. The van der Waals surface area contributed by atoms with Crippen molar-refractivity contribution in [2.24, 2.45) is 0 Å². The number of carbonyl (C=O) groups is 1. The maximum absolute atomic E-state index is 10.8. The summed E-state index contributed by atoms with van der Waals surface area (Å²) in [7, 11) is 1.78. The van der Waals surface area contributed by atoms with E-state index in [-0.39, 0.29) is 0 Å². The third-order valence-corrected chi connectivity index (χ3v) is 3.06. The van der Waals surface area contributed by atoms with E-state index in [4.69, 9.17) is 9.84 Å². The van der Waals surface area contributed by atoms with Crippen LogP contribution in [0.3, 0.4) is 0 Å². The SMILES string of the molecule is Cc1ccc(C)c(OCCN(C)C(C)C(=O)O)c1. The highest BCUT2D eigenvalue weighted by Crippen LogP contribution is 2.18. The van der Waals surface area contributed by atoms with E-state index in [1.807, 2.05) is 32.0 Å². The van der Waals surface area contributed by atoms with Gasteiger partial charge in [0.15, 0.2) is 0 Å². The number of aryl methyl sites for hydroxylation is 2. The van der Waals surface area contributed by atoms with Crippen LogP contribution < -0.4 is 4.74 Å². The predicted molar refractivity (Wildman–Crippen MR) is 71.1 cm³/mol. The highest BCUT2D eigenvalue weighted by Gasteiger charge is 2.16. The highest BCUT2D eigenvalue weighted by atomic mass is 16.5. The second-order valence-electron chi connectivity index (χ2n) is 4.61. The zero-order chi connectivity index (χ0) is 13.7. The molecular weight excluding hydrogens is 230 g/mol. The van der Waals surface area contributed by atoms with Crippen molar-refractivity contribution in [3.05, 3.63) is 29.3 Å². The second-order valence-corrected chi connectivity index (χ2v) is 4.61. The summed E-state index contributed by atoms with van der Waals surface area (Å²) >= 11 is 0. The third-order valence-electron chi connectivity index (χ3n) is 3.06. The van der Waals surface area contributed by atoms with Gasteiger partial charge < -0.3 is 9.84 Å². The Labute approximate surface area is 108 Å². The van der Waals surface area contributed by atoms with Gasteiger partial charge in [0.05, 0.1) is 0 Å². The molecule has 0 aliphatic carbocycles. The number of carboxylic acid groups (broad SMARTS) is 1. The molecule has 1 rings (SSSR count). The fourth-order valence-corrected chi connectivity index (χ4v) is 1.54. The zero-order valence-corrected chi connectivity index (χ0v) is 11.4. The first-order valence-electron chi connectivity index (χ1n) is 6.05. The standard InChI is InChI=1S/C14H21NO3/c1-10-5-6-11(2)13(9-10)18-8-7-15(4)12(3)14(16)17/h5-6,9,12H,7-8H2,1-4H3,(H,16,17). The first-order valence-corrected chi connectivity index (χ1v) is 6.05. The molecule has 0 heterocycles. The van der Waals surface area contributed by atoms with Crippen LogP contribution >= 0.6 is 0 Å².